The predicted molar refractivity (Wildman–Crippen MR) is 73.0 cm³/mol. The third-order valence-electron chi connectivity index (χ3n) is 2.84. The van der Waals surface area contributed by atoms with Gasteiger partial charge in [0.05, 0.1) is 33.1 Å². The molecule has 1 heterocycles. The Kier molecular flexibility index (Phi) is 5.01. The van der Waals surface area contributed by atoms with Crippen molar-refractivity contribution >= 4 is 0 Å². The third-order valence-corrected chi connectivity index (χ3v) is 2.84. The Bertz CT molecular complexity index is 508. The molecule has 19 heavy (non-hydrogen) atoms. The van der Waals surface area contributed by atoms with Gasteiger partial charge in [-0.05, 0) is 30.8 Å². The van der Waals surface area contributed by atoms with Crippen molar-refractivity contribution in [2.75, 3.05) is 14.2 Å². The van der Waals surface area contributed by atoms with E-state index in [1.165, 1.54) is 0 Å². The maximum absolute atomic E-state index is 5.71. The molecule has 0 aliphatic rings. The van der Waals surface area contributed by atoms with Crippen LogP contribution in [0.15, 0.2) is 41.0 Å². The molecular formula is C15H19NO3. The quantitative estimate of drug-likeness (QED) is 0.832. The van der Waals surface area contributed by atoms with Gasteiger partial charge in [0.2, 0.25) is 0 Å². The fourth-order valence-corrected chi connectivity index (χ4v) is 1.85. The molecule has 0 atom stereocenters. The first-order valence-electron chi connectivity index (χ1n) is 6.24. The van der Waals surface area contributed by atoms with Crippen LogP contribution >= 0.6 is 0 Å². The maximum Gasteiger partial charge on any atom is 0.123 e. The van der Waals surface area contributed by atoms with Crippen molar-refractivity contribution in [3.8, 4) is 5.75 Å². The number of benzene rings is 1. The van der Waals surface area contributed by atoms with Crippen LogP contribution in [0.5, 0.6) is 5.75 Å². The Morgan fingerprint density at radius 1 is 1.21 bits per heavy atom. The summed E-state index contributed by atoms with van der Waals surface area (Å²) in [5, 5.41) is 3.07. The second-order valence-corrected chi connectivity index (χ2v) is 4.24. The van der Waals surface area contributed by atoms with E-state index in [4.69, 9.17) is 13.9 Å². The van der Waals surface area contributed by atoms with Gasteiger partial charge in [0.25, 0.3) is 0 Å². The van der Waals surface area contributed by atoms with E-state index < -0.39 is 0 Å². The number of rotatable bonds is 7. The lowest BCUT2D eigenvalue weighted by atomic mass is 10.2. The molecule has 2 aromatic rings. The fraction of sp³-hybridized carbons (Fsp3) is 0.333. The number of hydrogen-bond acceptors (Lipinski definition) is 4. The molecule has 2 rings (SSSR count). The van der Waals surface area contributed by atoms with E-state index in [-0.39, 0.29) is 0 Å². The largest absolute Gasteiger partial charge is 0.497 e. The van der Waals surface area contributed by atoms with Crippen LogP contribution in [-0.2, 0) is 24.5 Å². The van der Waals surface area contributed by atoms with Gasteiger partial charge in [0, 0.05) is 5.56 Å². The van der Waals surface area contributed by atoms with Crippen molar-refractivity contribution in [2.45, 2.75) is 19.8 Å². The van der Waals surface area contributed by atoms with E-state index in [0.717, 1.165) is 22.6 Å². The van der Waals surface area contributed by atoms with Crippen molar-refractivity contribution in [3.05, 3.63) is 53.5 Å². The summed E-state index contributed by atoms with van der Waals surface area (Å²) in [6, 6.07) is 9.82. The molecule has 0 aliphatic heterocycles. The summed E-state index contributed by atoms with van der Waals surface area (Å²) in [7, 11) is 3.55. The first kappa shape index (κ1) is 13.6. The topological polar surface area (TPSA) is 43.6 Å². The molecule has 0 unspecified atom stereocenters. The van der Waals surface area contributed by atoms with Crippen LogP contribution in [0.2, 0.25) is 0 Å². The molecule has 0 saturated heterocycles. The molecule has 0 fully saturated rings. The molecule has 0 saturated carbocycles. The van der Waals surface area contributed by atoms with Gasteiger partial charge in [-0.15, -0.1) is 0 Å². The zero-order valence-corrected chi connectivity index (χ0v) is 11.3. The van der Waals surface area contributed by atoms with E-state index in [1.807, 2.05) is 37.4 Å². The molecule has 102 valence electrons. The van der Waals surface area contributed by atoms with Crippen molar-refractivity contribution in [2.24, 2.45) is 0 Å². The van der Waals surface area contributed by atoms with Gasteiger partial charge in [-0.2, -0.15) is 0 Å². The Morgan fingerprint density at radius 2 is 2.11 bits per heavy atom. The summed E-state index contributed by atoms with van der Waals surface area (Å²) in [6.07, 6.45) is 1.69. The summed E-state index contributed by atoms with van der Waals surface area (Å²) >= 11 is 0. The third kappa shape index (κ3) is 3.84. The van der Waals surface area contributed by atoms with Crippen LogP contribution in [0.1, 0.15) is 16.9 Å². The van der Waals surface area contributed by atoms with Gasteiger partial charge in [-0.3, -0.25) is 0 Å². The maximum atomic E-state index is 5.71. The van der Waals surface area contributed by atoms with E-state index >= 15 is 0 Å². The zero-order valence-electron chi connectivity index (χ0n) is 11.3. The lowest BCUT2D eigenvalue weighted by Gasteiger charge is -2.06. The molecule has 1 aromatic heterocycles. The lowest BCUT2D eigenvalue weighted by molar-refractivity contribution is 0.105. The fourth-order valence-electron chi connectivity index (χ4n) is 1.85. The zero-order chi connectivity index (χ0) is 13.5. The Labute approximate surface area is 113 Å². The van der Waals surface area contributed by atoms with Gasteiger partial charge in [0.1, 0.15) is 11.5 Å². The summed E-state index contributed by atoms with van der Waals surface area (Å²) in [5.74, 6) is 1.77. The lowest BCUT2D eigenvalue weighted by Crippen LogP contribution is -2.06. The van der Waals surface area contributed by atoms with Gasteiger partial charge in [-0.1, -0.05) is 12.1 Å². The minimum Gasteiger partial charge on any atom is -0.497 e. The molecule has 4 heteroatoms. The highest BCUT2D eigenvalue weighted by atomic mass is 16.5. The monoisotopic (exact) mass is 261 g/mol. The number of furan rings is 1. The minimum absolute atomic E-state index is 0.546. The van der Waals surface area contributed by atoms with Crippen LogP contribution in [-0.4, -0.2) is 14.2 Å². The second kappa shape index (κ2) is 6.97. The smallest absolute Gasteiger partial charge is 0.123 e. The average Bonchev–Trinajstić information content (AvgIpc) is 2.87. The highest BCUT2D eigenvalue weighted by Gasteiger charge is 2.05. The molecule has 1 aromatic carbocycles. The predicted octanol–water partition coefficient (Wildman–Crippen LogP) is 2.72. The minimum atomic E-state index is 0.546. The van der Waals surface area contributed by atoms with E-state index in [9.17, 15) is 0 Å². The molecule has 0 radical (unpaired) electrons. The normalized spacial score (nSPS) is 10.6. The molecule has 0 aliphatic carbocycles. The highest BCUT2D eigenvalue weighted by molar-refractivity contribution is 5.28. The second-order valence-electron chi connectivity index (χ2n) is 4.24. The van der Waals surface area contributed by atoms with E-state index in [0.29, 0.717) is 19.8 Å². The van der Waals surface area contributed by atoms with Crippen molar-refractivity contribution in [1.29, 1.82) is 0 Å². The summed E-state index contributed by atoms with van der Waals surface area (Å²) in [4.78, 5) is 0. The Hall–Kier alpha value is -1.78. The standard InChI is InChI=1S/C15H19NO3/c1-16-9-15-13(6-7-19-15)11-18-10-12-4-3-5-14(8-12)17-2/h3-8,16H,9-11H2,1-2H3. The van der Waals surface area contributed by atoms with Crippen LogP contribution < -0.4 is 10.1 Å². The average molecular weight is 261 g/mol. The van der Waals surface area contributed by atoms with Crippen molar-refractivity contribution < 1.29 is 13.9 Å². The Morgan fingerprint density at radius 3 is 2.89 bits per heavy atom. The Balaban J connectivity index is 1.87. The summed E-state index contributed by atoms with van der Waals surface area (Å²) in [6.45, 7) is 1.82. The summed E-state index contributed by atoms with van der Waals surface area (Å²) < 4.78 is 16.3. The molecular weight excluding hydrogens is 242 g/mol. The van der Waals surface area contributed by atoms with Crippen molar-refractivity contribution in [1.82, 2.24) is 5.32 Å². The van der Waals surface area contributed by atoms with Crippen LogP contribution in [0.25, 0.3) is 0 Å². The van der Waals surface area contributed by atoms with Crippen molar-refractivity contribution in [3.63, 3.8) is 0 Å². The van der Waals surface area contributed by atoms with Gasteiger partial charge < -0.3 is 19.2 Å². The van der Waals surface area contributed by atoms with Crippen LogP contribution in [0.3, 0.4) is 0 Å². The molecule has 0 amide bonds. The van der Waals surface area contributed by atoms with Crippen LogP contribution in [0, 0.1) is 0 Å². The number of hydrogen-bond donors (Lipinski definition) is 1. The number of nitrogens with one attached hydrogen (secondary N) is 1. The SMILES string of the molecule is CNCc1occc1COCc1cccc(OC)c1. The molecule has 4 nitrogen and oxygen atoms in total. The van der Waals surface area contributed by atoms with Crippen LogP contribution in [0.4, 0.5) is 0 Å². The first-order chi connectivity index (χ1) is 9.33. The number of ether oxygens (including phenoxy) is 2. The summed E-state index contributed by atoms with van der Waals surface area (Å²) in [5.41, 5.74) is 2.18. The van der Waals surface area contributed by atoms with Gasteiger partial charge in [-0.25, -0.2) is 0 Å². The molecule has 1 N–H and O–H groups in total. The van der Waals surface area contributed by atoms with Gasteiger partial charge in [0.15, 0.2) is 0 Å². The molecule has 0 spiro atoms. The van der Waals surface area contributed by atoms with E-state index in [1.54, 1.807) is 13.4 Å². The van der Waals surface area contributed by atoms with E-state index in [2.05, 4.69) is 5.32 Å². The number of methoxy groups -OCH3 is 1. The highest BCUT2D eigenvalue weighted by Crippen LogP contribution is 2.15. The van der Waals surface area contributed by atoms with Gasteiger partial charge >= 0.3 is 0 Å². The molecule has 0 bridgehead atoms. The first-order valence-corrected chi connectivity index (χ1v) is 6.24.